The molecule has 8 heteroatoms. The molecule has 0 aliphatic carbocycles. The molecule has 0 aliphatic heterocycles. The summed E-state index contributed by atoms with van der Waals surface area (Å²) < 4.78 is 16.6. The lowest BCUT2D eigenvalue weighted by Gasteiger charge is -2.14. The van der Waals surface area contributed by atoms with E-state index in [1.165, 1.54) is 7.11 Å². The molecule has 226 valence electrons. The predicted octanol–water partition coefficient (Wildman–Crippen LogP) is 6.92. The van der Waals surface area contributed by atoms with Crippen LogP contribution in [0.4, 0.5) is 0 Å². The van der Waals surface area contributed by atoms with Crippen LogP contribution in [0.2, 0.25) is 0 Å². The second-order valence-corrected chi connectivity index (χ2v) is 10.6. The highest BCUT2D eigenvalue weighted by Crippen LogP contribution is 2.26. The van der Waals surface area contributed by atoms with E-state index in [2.05, 4.69) is 64.9 Å². The van der Waals surface area contributed by atoms with E-state index in [1.54, 1.807) is 18.2 Å². The molecule has 1 heterocycles. The summed E-state index contributed by atoms with van der Waals surface area (Å²) in [5.74, 6) is 0.646. The number of aryl methyl sites for hydroxylation is 1. The summed E-state index contributed by atoms with van der Waals surface area (Å²) >= 11 is 0. The Bertz CT molecular complexity index is 1730. The number of carbonyl (C=O) groups is 2. The molecule has 1 aromatic heterocycles. The zero-order chi connectivity index (χ0) is 30.9. The minimum Gasteiger partial charge on any atom is -0.465 e. The average Bonchev–Trinajstić information content (AvgIpc) is 3.53. The molecule has 0 aliphatic rings. The molecule has 8 nitrogen and oxygen atoms in total. The number of aromatic nitrogens is 2. The number of rotatable bonds is 13. The van der Waals surface area contributed by atoms with Crippen molar-refractivity contribution in [3.05, 3.63) is 119 Å². The standard InChI is InChI=1S/C36H37N3O5/c1-4-7-33-38-39-35(44-33)32(43-5-2)21-25-10-12-26(13-11-25)27-9-6-8-24(20-27)18-19-37-34(40)30-16-14-29-23-31(36(41)42-3)17-15-28(29)22-30/h6,8-17,20,22-23,32H,4-5,7,18-19,21H2,1-3H3,(H,37,40). The number of ether oxygens (including phenoxy) is 2. The number of amides is 1. The van der Waals surface area contributed by atoms with Gasteiger partial charge < -0.3 is 19.2 Å². The summed E-state index contributed by atoms with van der Waals surface area (Å²) in [5.41, 5.74) is 5.54. The van der Waals surface area contributed by atoms with Gasteiger partial charge in [-0.3, -0.25) is 4.79 Å². The Hall–Kier alpha value is -4.82. The smallest absolute Gasteiger partial charge is 0.337 e. The third kappa shape index (κ3) is 7.57. The Kier molecular flexibility index (Phi) is 10.1. The molecule has 4 aromatic carbocycles. The Morgan fingerprint density at radius 2 is 1.57 bits per heavy atom. The Balaban J connectivity index is 1.17. The molecule has 5 rings (SSSR count). The van der Waals surface area contributed by atoms with Gasteiger partial charge in [-0.1, -0.05) is 67.6 Å². The normalized spacial score (nSPS) is 11.8. The lowest BCUT2D eigenvalue weighted by Crippen LogP contribution is -2.25. The second kappa shape index (κ2) is 14.6. The van der Waals surface area contributed by atoms with Crippen LogP contribution in [-0.2, 0) is 28.7 Å². The van der Waals surface area contributed by atoms with Gasteiger partial charge in [-0.05, 0) is 77.1 Å². The predicted molar refractivity (Wildman–Crippen MR) is 170 cm³/mol. The van der Waals surface area contributed by atoms with Crippen LogP contribution in [0.15, 0.2) is 89.3 Å². The van der Waals surface area contributed by atoms with Gasteiger partial charge in [0.2, 0.25) is 11.8 Å². The van der Waals surface area contributed by atoms with E-state index in [1.807, 2.05) is 31.2 Å². The summed E-state index contributed by atoms with van der Waals surface area (Å²) in [6, 6.07) is 27.5. The van der Waals surface area contributed by atoms with Crippen molar-refractivity contribution in [1.29, 1.82) is 0 Å². The molecule has 1 amide bonds. The van der Waals surface area contributed by atoms with Gasteiger partial charge in [0.25, 0.3) is 5.91 Å². The number of esters is 1. The zero-order valence-corrected chi connectivity index (χ0v) is 25.3. The number of benzene rings is 4. The molecule has 0 saturated carbocycles. The third-order valence-corrected chi connectivity index (χ3v) is 7.45. The van der Waals surface area contributed by atoms with Crippen molar-refractivity contribution >= 4 is 22.6 Å². The van der Waals surface area contributed by atoms with Gasteiger partial charge in [-0.2, -0.15) is 0 Å². The molecule has 5 aromatic rings. The van der Waals surface area contributed by atoms with Crippen LogP contribution in [0.25, 0.3) is 21.9 Å². The van der Waals surface area contributed by atoms with Crippen LogP contribution in [0.5, 0.6) is 0 Å². The molecule has 0 spiro atoms. The second-order valence-electron chi connectivity index (χ2n) is 10.6. The van der Waals surface area contributed by atoms with E-state index in [4.69, 9.17) is 13.9 Å². The average molecular weight is 592 g/mol. The first-order valence-corrected chi connectivity index (χ1v) is 15.0. The van der Waals surface area contributed by atoms with Gasteiger partial charge >= 0.3 is 5.97 Å². The Morgan fingerprint density at radius 1 is 0.818 bits per heavy atom. The third-order valence-electron chi connectivity index (χ3n) is 7.45. The van der Waals surface area contributed by atoms with Crippen molar-refractivity contribution < 1.29 is 23.5 Å². The lowest BCUT2D eigenvalue weighted by atomic mass is 9.99. The van der Waals surface area contributed by atoms with Crippen LogP contribution in [0.1, 0.15) is 70.0 Å². The fourth-order valence-electron chi connectivity index (χ4n) is 5.14. The van der Waals surface area contributed by atoms with Crippen molar-refractivity contribution in [2.75, 3.05) is 20.3 Å². The number of methoxy groups -OCH3 is 1. The minimum absolute atomic E-state index is 0.136. The molecule has 44 heavy (non-hydrogen) atoms. The first-order valence-electron chi connectivity index (χ1n) is 15.0. The SMILES string of the molecule is CCCc1nnc(C(Cc2ccc(-c3cccc(CCNC(=O)c4ccc5cc(C(=O)OC)ccc5c4)c3)cc2)OCC)o1. The maximum atomic E-state index is 12.9. The maximum absolute atomic E-state index is 12.9. The summed E-state index contributed by atoms with van der Waals surface area (Å²) in [6.45, 7) is 5.11. The summed E-state index contributed by atoms with van der Waals surface area (Å²) in [4.78, 5) is 24.7. The molecular formula is C36H37N3O5. The van der Waals surface area contributed by atoms with Crippen molar-refractivity contribution in [3.8, 4) is 11.1 Å². The molecule has 0 fully saturated rings. The number of nitrogens with one attached hydrogen (secondary N) is 1. The molecule has 0 saturated heterocycles. The molecule has 0 bridgehead atoms. The fourth-order valence-corrected chi connectivity index (χ4v) is 5.14. The number of hydrogen-bond donors (Lipinski definition) is 1. The van der Waals surface area contributed by atoms with Crippen molar-refractivity contribution in [2.45, 2.75) is 45.6 Å². The van der Waals surface area contributed by atoms with E-state index in [9.17, 15) is 9.59 Å². The number of nitrogens with zero attached hydrogens (tertiary/aromatic N) is 2. The highest BCUT2D eigenvalue weighted by atomic mass is 16.5. The Morgan fingerprint density at radius 3 is 2.30 bits per heavy atom. The van der Waals surface area contributed by atoms with Crippen LogP contribution in [0, 0.1) is 0 Å². The Labute approximate surface area is 257 Å². The van der Waals surface area contributed by atoms with Crippen molar-refractivity contribution in [1.82, 2.24) is 15.5 Å². The summed E-state index contributed by atoms with van der Waals surface area (Å²) in [6.07, 6.45) is 2.78. The van der Waals surface area contributed by atoms with E-state index in [-0.39, 0.29) is 18.0 Å². The van der Waals surface area contributed by atoms with Gasteiger partial charge in [0.15, 0.2) is 0 Å². The summed E-state index contributed by atoms with van der Waals surface area (Å²) in [7, 11) is 1.36. The van der Waals surface area contributed by atoms with E-state index < -0.39 is 0 Å². The quantitative estimate of drug-likeness (QED) is 0.148. The minimum atomic E-state index is -0.386. The zero-order valence-electron chi connectivity index (χ0n) is 25.3. The van der Waals surface area contributed by atoms with Gasteiger partial charge in [0.1, 0.15) is 6.10 Å². The van der Waals surface area contributed by atoms with Gasteiger partial charge in [0, 0.05) is 31.6 Å². The van der Waals surface area contributed by atoms with Gasteiger partial charge in [-0.15, -0.1) is 10.2 Å². The van der Waals surface area contributed by atoms with Gasteiger partial charge in [-0.25, -0.2) is 4.79 Å². The fraction of sp³-hybridized carbons (Fsp3) is 0.278. The van der Waals surface area contributed by atoms with Crippen LogP contribution < -0.4 is 5.32 Å². The summed E-state index contributed by atoms with van der Waals surface area (Å²) in [5, 5.41) is 13.1. The number of carbonyl (C=O) groups excluding carboxylic acids is 2. The molecular weight excluding hydrogens is 554 g/mol. The largest absolute Gasteiger partial charge is 0.465 e. The van der Waals surface area contributed by atoms with Crippen molar-refractivity contribution in [3.63, 3.8) is 0 Å². The molecule has 1 unspecified atom stereocenters. The van der Waals surface area contributed by atoms with Crippen LogP contribution in [-0.4, -0.2) is 42.3 Å². The van der Waals surface area contributed by atoms with Crippen LogP contribution >= 0.6 is 0 Å². The van der Waals surface area contributed by atoms with E-state index in [0.29, 0.717) is 48.9 Å². The highest BCUT2D eigenvalue weighted by Gasteiger charge is 2.20. The van der Waals surface area contributed by atoms with E-state index >= 15 is 0 Å². The topological polar surface area (TPSA) is 104 Å². The number of hydrogen-bond acceptors (Lipinski definition) is 7. The van der Waals surface area contributed by atoms with Crippen molar-refractivity contribution in [2.24, 2.45) is 0 Å². The first kappa shape index (κ1) is 30.6. The lowest BCUT2D eigenvalue weighted by molar-refractivity contribution is 0.0422. The molecule has 1 atom stereocenters. The first-order chi connectivity index (χ1) is 21.5. The monoisotopic (exact) mass is 591 g/mol. The highest BCUT2D eigenvalue weighted by molar-refractivity contribution is 6.00. The maximum Gasteiger partial charge on any atom is 0.337 e. The van der Waals surface area contributed by atoms with Gasteiger partial charge in [0.05, 0.1) is 12.7 Å². The molecule has 0 radical (unpaired) electrons. The number of fused-ring (bicyclic) bond motifs is 1. The van der Waals surface area contributed by atoms with Crippen LogP contribution in [0.3, 0.4) is 0 Å². The molecule has 1 N–H and O–H groups in total. The van der Waals surface area contributed by atoms with E-state index in [0.717, 1.165) is 45.9 Å².